The Balaban J connectivity index is 2.25. The van der Waals surface area contributed by atoms with Gasteiger partial charge in [-0.05, 0) is 45.0 Å². The second kappa shape index (κ2) is 6.14. The molecule has 0 saturated heterocycles. The van der Waals surface area contributed by atoms with Crippen molar-refractivity contribution < 1.29 is 9.53 Å². The molecule has 2 nitrogen and oxygen atoms in total. The summed E-state index contributed by atoms with van der Waals surface area (Å²) in [4.78, 5) is 14.2. The Labute approximate surface area is 124 Å². The third kappa shape index (κ3) is 4.14. The topological polar surface area (TPSA) is 26.3 Å². The molecule has 0 amide bonds. The molecule has 0 atom stereocenters. The molecule has 0 N–H and O–H groups in total. The largest absolute Gasteiger partial charge is 0.456 e. The molecule has 0 aliphatic carbocycles. The highest BCUT2D eigenvalue weighted by atomic mass is 32.2. The van der Waals surface area contributed by atoms with Gasteiger partial charge in [0.25, 0.3) is 0 Å². The highest BCUT2D eigenvalue weighted by Gasteiger charge is 2.20. The first kappa shape index (κ1) is 14.7. The summed E-state index contributed by atoms with van der Waals surface area (Å²) in [6.07, 6.45) is 0. The highest BCUT2D eigenvalue weighted by Crippen LogP contribution is 2.31. The Kier molecular flexibility index (Phi) is 4.50. The van der Waals surface area contributed by atoms with Crippen LogP contribution in [0.1, 0.15) is 31.1 Å². The number of rotatable bonds is 3. The Bertz CT molecular complexity index is 585. The molecule has 0 fully saturated rings. The normalized spacial score (nSPS) is 11.2. The van der Waals surface area contributed by atoms with E-state index in [2.05, 4.69) is 0 Å². The van der Waals surface area contributed by atoms with Gasteiger partial charge in [0.05, 0.1) is 5.56 Å². The second-order valence-corrected chi connectivity index (χ2v) is 6.53. The molecule has 0 saturated carbocycles. The van der Waals surface area contributed by atoms with Crippen LogP contribution in [0.15, 0.2) is 64.4 Å². The van der Waals surface area contributed by atoms with Crippen LogP contribution >= 0.6 is 11.8 Å². The van der Waals surface area contributed by atoms with Gasteiger partial charge in [-0.1, -0.05) is 42.1 Å². The van der Waals surface area contributed by atoms with Crippen LogP contribution < -0.4 is 0 Å². The van der Waals surface area contributed by atoms with Crippen molar-refractivity contribution in [2.45, 2.75) is 36.2 Å². The lowest BCUT2D eigenvalue weighted by atomic mass is 10.1. The van der Waals surface area contributed by atoms with Crippen LogP contribution in [0.3, 0.4) is 0 Å². The molecule has 0 radical (unpaired) electrons. The molecule has 20 heavy (non-hydrogen) atoms. The van der Waals surface area contributed by atoms with E-state index in [1.807, 2.05) is 69.3 Å². The van der Waals surface area contributed by atoms with Crippen molar-refractivity contribution in [3.05, 3.63) is 60.2 Å². The Morgan fingerprint density at radius 1 is 0.950 bits per heavy atom. The molecule has 0 unspecified atom stereocenters. The molecule has 3 heteroatoms. The smallest absolute Gasteiger partial charge is 0.339 e. The van der Waals surface area contributed by atoms with Crippen molar-refractivity contribution in [2.75, 3.05) is 0 Å². The molecule has 0 heterocycles. The summed E-state index contributed by atoms with van der Waals surface area (Å²) in [5.74, 6) is -0.281. The molecule has 2 aromatic carbocycles. The number of benzene rings is 2. The van der Waals surface area contributed by atoms with E-state index in [-0.39, 0.29) is 5.97 Å². The van der Waals surface area contributed by atoms with Crippen molar-refractivity contribution in [1.29, 1.82) is 0 Å². The van der Waals surface area contributed by atoms with E-state index in [9.17, 15) is 4.79 Å². The van der Waals surface area contributed by atoms with Gasteiger partial charge < -0.3 is 4.74 Å². The van der Waals surface area contributed by atoms with Crippen molar-refractivity contribution in [1.82, 2.24) is 0 Å². The summed E-state index contributed by atoms with van der Waals surface area (Å²) in [6.45, 7) is 5.62. The van der Waals surface area contributed by atoms with Crippen molar-refractivity contribution >= 4 is 17.7 Å². The van der Waals surface area contributed by atoms with Crippen LogP contribution in [-0.2, 0) is 4.74 Å². The lowest BCUT2D eigenvalue weighted by molar-refractivity contribution is 0.00656. The van der Waals surface area contributed by atoms with Crippen LogP contribution in [0.5, 0.6) is 0 Å². The van der Waals surface area contributed by atoms with Crippen molar-refractivity contribution in [3.8, 4) is 0 Å². The predicted octanol–water partition coefficient (Wildman–Crippen LogP) is 4.79. The molecule has 0 aliphatic heterocycles. The molecular weight excluding hydrogens is 268 g/mol. The summed E-state index contributed by atoms with van der Waals surface area (Å²) >= 11 is 1.57. The van der Waals surface area contributed by atoms with Gasteiger partial charge in [0.2, 0.25) is 0 Å². The zero-order valence-electron chi connectivity index (χ0n) is 11.9. The van der Waals surface area contributed by atoms with Crippen LogP contribution in [0.25, 0.3) is 0 Å². The summed E-state index contributed by atoms with van der Waals surface area (Å²) in [7, 11) is 0. The maximum Gasteiger partial charge on any atom is 0.339 e. The lowest BCUT2D eigenvalue weighted by Crippen LogP contribution is -2.24. The zero-order valence-corrected chi connectivity index (χ0v) is 12.7. The van der Waals surface area contributed by atoms with E-state index >= 15 is 0 Å². The maximum atomic E-state index is 12.2. The summed E-state index contributed by atoms with van der Waals surface area (Å²) in [5, 5.41) is 0. The van der Waals surface area contributed by atoms with Crippen molar-refractivity contribution in [3.63, 3.8) is 0 Å². The van der Waals surface area contributed by atoms with Gasteiger partial charge in [0, 0.05) is 9.79 Å². The van der Waals surface area contributed by atoms with Gasteiger partial charge in [-0.15, -0.1) is 0 Å². The van der Waals surface area contributed by atoms with E-state index < -0.39 is 5.60 Å². The molecule has 2 rings (SSSR count). The van der Waals surface area contributed by atoms with Gasteiger partial charge in [-0.2, -0.15) is 0 Å². The molecule has 2 aromatic rings. The highest BCUT2D eigenvalue weighted by molar-refractivity contribution is 7.99. The Hall–Kier alpha value is -1.74. The minimum absolute atomic E-state index is 0.281. The van der Waals surface area contributed by atoms with Crippen LogP contribution in [0.2, 0.25) is 0 Å². The van der Waals surface area contributed by atoms with Crippen LogP contribution in [0, 0.1) is 0 Å². The summed E-state index contributed by atoms with van der Waals surface area (Å²) < 4.78 is 5.45. The number of carbonyl (C=O) groups excluding carboxylic acids is 1. The average molecular weight is 286 g/mol. The predicted molar refractivity (Wildman–Crippen MR) is 82.2 cm³/mol. The standard InChI is InChI=1S/C17H18O2S/c1-17(2,3)19-16(18)14-11-7-8-12-15(14)20-13-9-5-4-6-10-13/h4-12H,1-3H3. The number of carbonyl (C=O) groups is 1. The quantitative estimate of drug-likeness (QED) is 0.759. The first-order valence-corrected chi connectivity index (χ1v) is 7.33. The second-order valence-electron chi connectivity index (χ2n) is 5.41. The van der Waals surface area contributed by atoms with E-state index in [0.29, 0.717) is 5.56 Å². The first-order chi connectivity index (χ1) is 9.46. The molecular formula is C17H18O2S. The fraction of sp³-hybridized carbons (Fsp3) is 0.235. The van der Waals surface area contributed by atoms with Gasteiger partial charge in [0.1, 0.15) is 5.60 Å². The summed E-state index contributed by atoms with van der Waals surface area (Å²) in [6, 6.07) is 17.5. The van der Waals surface area contributed by atoms with Gasteiger partial charge >= 0.3 is 5.97 Å². The fourth-order valence-corrected chi connectivity index (χ4v) is 2.63. The molecule has 0 aliphatic rings. The monoisotopic (exact) mass is 286 g/mol. The first-order valence-electron chi connectivity index (χ1n) is 6.51. The minimum atomic E-state index is -0.485. The van der Waals surface area contributed by atoms with E-state index in [0.717, 1.165) is 9.79 Å². The maximum absolute atomic E-state index is 12.2. The Morgan fingerprint density at radius 3 is 2.20 bits per heavy atom. The summed E-state index contributed by atoms with van der Waals surface area (Å²) in [5.41, 5.74) is 0.123. The van der Waals surface area contributed by atoms with Crippen molar-refractivity contribution in [2.24, 2.45) is 0 Å². The third-order valence-corrected chi connectivity index (χ3v) is 3.56. The minimum Gasteiger partial charge on any atom is -0.456 e. The fourth-order valence-electron chi connectivity index (χ4n) is 1.67. The van der Waals surface area contributed by atoms with E-state index in [1.54, 1.807) is 17.8 Å². The molecule has 0 aromatic heterocycles. The molecule has 0 bridgehead atoms. The average Bonchev–Trinajstić information content (AvgIpc) is 2.38. The number of esters is 1. The third-order valence-electron chi connectivity index (χ3n) is 2.48. The molecule has 0 spiro atoms. The number of hydrogen-bond acceptors (Lipinski definition) is 3. The SMILES string of the molecule is CC(C)(C)OC(=O)c1ccccc1Sc1ccccc1. The Morgan fingerprint density at radius 2 is 1.55 bits per heavy atom. The number of ether oxygens (including phenoxy) is 1. The number of hydrogen-bond donors (Lipinski definition) is 0. The molecule has 104 valence electrons. The van der Waals surface area contributed by atoms with E-state index in [1.165, 1.54) is 0 Å². The van der Waals surface area contributed by atoms with Crippen LogP contribution in [-0.4, -0.2) is 11.6 Å². The van der Waals surface area contributed by atoms with E-state index in [4.69, 9.17) is 4.74 Å². The lowest BCUT2D eigenvalue weighted by Gasteiger charge is -2.20. The van der Waals surface area contributed by atoms with Gasteiger partial charge in [-0.3, -0.25) is 0 Å². The van der Waals surface area contributed by atoms with Gasteiger partial charge in [-0.25, -0.2) is 4.79 Å². The van der Waals surface area contributed by atoms with Crippen LogP contribution in [0.4, 0.5) is 0 Å². The zero-order chi connectivity index (χ0) is 14.6. The van der Waals surface area contributed by atoms with Gasteiger partial charge in [0.15, 0.2) is 0 Å².